The second-order valence-electron chi connectivity index (χ2n) is 7.50. The molecule has 2 aromatic heterocycles. The normalized spacial score (nSPS) is 18.8. The van der Waals surface area contributed by atoms with Crippen LogP contribution in [-0.2, 0) is 13.0 Å². The van der Waals surface area contributed by atoms with E-state index in [-0.39, 0.29) is 0 Å². The molecule has 0 saturated carbocycles. The van der Waals surface area contributed by atoms with Gasteiger partial charge < -0.3 is 20.9 Å². The lowest BCUT2D eigenvalue weighted by atomic mass is 9.95. The van der Waals surface area contributed by atoms with Crippen molar-refractivity contribution in [1.82, 2.24) is 15.0 Å². The fraction of sp³-hybridized carbons (Fsp3) is 0.429. The molecule has 4 heterocycles. The van der Waals surface area contributed by atoms with Gasteiger partial charge in [0.25, 0.3) is 0 Å². The van der Waals surface area contributed by atoms with Crippen LogP contribution in [-0.4, -0.2) is 34.3 Å². The van der Waals surface area contributed by atoms with Crippen molar-refractivity contribution in [3.8, 4) is 0 Å². The summed E-state index contributed by atoms with van der Waals surface area (Å²) < 4.78 is 0. The van der Waals surface area contributed by atoms with Crippen LogP contribution in [0, 0.1) is 12.3 Å². The molecule has 2 aliphatic rings. The number of anilines is 3. The minimum atomic E-state index is 0.502. The third kappa shape index (κ3) is 3.32. The fourth-order valence-corrected chi connectivity index (χ4v) is 3.97. The van der Waals surface area contributed by atoms with E-state index in [1.165, 1.54) is 34.4 Å². The predicted octanol–water partition coefficient (Wildman–Crippen LogP) is 3.63. The van der Waals surface area contributed by atoms with Crippen molar-refractivity contribution in [2.45, 2.75) is 46.1 Å². The van der Waals surface area contributed by atoms with Gasteiger partial charge in [0.2, 0.25) is 5.95 Å². The molecule has 28 heavy (non-hydrogen) atoms. The van der Waals surface area contributed by atoms with Gasteiger partial charge in [0.05, 0.1) is 41.2 Å². The van der Waals surface area contributed by atoms with Gasteiger partial charge in [0.1, 0.15) is 0 Å². The van der Waals surface area contributed by atoms with Gasteiger partial charge in [-0.1, -0.05) is 13.0 Å². The standard InChI is InChI=1S/C21H27N7/c1-4-16(9-22)26-21-25-10-15-6-8-28(12-17(15)27-21)18-11-24-19-13(2)5-7-23-20(19)14(18)3/h4,9-11,13,22-23H,5-8,12H2,1-3H3,(H,25,26,27)/b16-4+,22-9?. The summed E-state index contributed by atoms with van der Waals surface area (Å²) >= 11 is 0. The number of hydrogen-bond donors (Lipinski definition) is 3. The maximum Gasteiger partial charge on any atom is 0.227 e. The molecule has 0 saturated heterocycles. The van der Waals surface area contributed by atoms with Crippen LogP contribution in [0.25, 0.3) is 0 Å². The molecule has 0 aliphatic carbocycles. The van der Waals surface area contributed by atoms with Crippen LogP contribution in [0.1, 0.15) is 48.7 Å². The van der Waals surface area contributed by atoms with Crippen molar-refractivity contribution >= 4 is 23.5 Å². The van der Waals surface area contributed by atoms with Crippen LogP contribution in [0.3, 0.4) is 0 Å². The lowest BCUT2D eigenvalue weighted by molar-refractivity contribution is 0.655. The quantitative estimate of drug-likeness (QED) is 0.705. The monoisotopic (exact) mass is 377 g/mol. The van der Waals surface area contributed by atoms with E-state index in [0.717, 1.165) is 38.2 Å². The first-order valence-electron chi connectivity index (χ1n) is 9.87. The first-order chi connectivity index (χ1) is 13.6. The summed E-state index contributed by atoms with van der Waals surface area (Å²) in [5, 5.41) is 14.1. The fourth-order valence-electron chi connectivity index (χ4n) is 3.97. The van der Waals surface area contributed by atoms with Gasteiger partial charge in [0, 0.05) is 31.4 Å². The van der Waals surface area contributed by atoms with Crippen molar-refractivity contribution in [2.75, 3.05) is 28.6 Å². The Morgan fingerprint density at radius 1 is 1.36 bits per heavy atom. The minimum absolute atomic E-state index is 0.502. The maximum atomic E-state index is 7.42. The first-order valence-corrected chi connectivity index (χ1v) is 9.87. The number of rotatable bonds is 4. The van der Waals surface area contributed by atoms with E-state index >= 15 is 0 Å². The van der Waals surface area contributed by atoms with Crippen LogP contribution in [0.15, 0.2) is 24.2 Å². The molecular formula is C21H27N7. The van der Waals surface area contributed by atoms with E-state index in [2.05, 4.69) is 34.4 Å². The summed E-state index contributed by atoms with van der Waals surface area (Å²) in [5.74, 6) is 1.04. The van der Waals surface area contributed by atoms with Crippen molar-refractivity contribution < 1.29 is 0 Å². The number of fused-ring (bicyclic) bond motifs is 2. The van der Waals surface area contributed by atoms with Crippen LogP contribution in [0.4, 0.5) is 17.3 Å². The molecule has 2 aliphatic heterocycles. The minimum Gasteiger partial charge on any atom is -0.383 e. The van der Waals surface area contributed by atoms with E-state index in [0.29, 0.717) is 17.6 Å². The number of nitrogens with one attached hydrogen (secondary N) is 3. The second kappa shape index (κ2) is 7.58. The third-order valence-electron chi connectivity index (χ3n) is 5.70. The zero-order valence-corrected chi connectivity index (χ0v) is 16.7. The van der Waals surface area contributed by atoms with Gasteiger partial charge in [-0.05, 0) is 37.8 Å². The van der Waals surface area contributed by atoms with Crippen molar-refractivity contribution in [1.29, 1.82) is 5.41 Å². The second-order valence-corrected chi connectivity index (χ2v) is 7.50. The number of allylic oxidation sites excluding steroid dienone is 2. The summed E-state index contributed by atoms with van der Waals surface area (Å²) in [6.07, 6.45) is 9.07. The molecular weight excluding hydrogens is 350 g/mol. The summed E-state index contributed by atoms with van der Waals surface area (Å²) in [6.45, 7) is 8.99. The number of aromatic nitrogens is 3. The van der Waals surface area contributed by atoms with Crippen molar-refractivity contribution in [2.24, 2.45) is 0 Å². The van der Waals surface area contributed by atoms with Gasteiger partial charge in [0.15, 0.2) is 0 Å². The van der Waals surface area contributed by atoms with Gasteiger partial charge in [-0.15, -0.1) is 0 Å². The smallest absolute Gasteiger partial charge is 0.227 e. The molecule has 2 aromatic rings. The maximum absolute atomic E-state index is 7.42. The van der Waals surface area contributed by atoms with Gasteiger partial charge >= 0.3 is 0 Å². The Kier molecular flexibility index (Phi) is 4.98. The lowest BCUT2D eigenvalue weighted by Crippen LogP contribution is -2.32. The van der Waals surface area contributed by atoms with Crippen molar-refractivity contribution in [3.63, 3.8) is 0 Å². The molecule has 0 radical (unpaired) electrons. The Hall–Kier alpha value is -2.96. The van der Waals surface area contributed by atoms with Crippen LogP contribution in [0.2, 0.25) is 0 Å². The Morgan fingerprint density at radius 2 is 2.21 bits per heavy atom. The topological polar surface area (TPSA) is 89.8 Å². The molecule has 0 fully saturated rings. The van der Waals surface area contributed by atoms with Gasteiger partial charge in [-0.3, -0.25) is 4.98 Å². The molecule has 7 heteroatoms. The van der Waals surface area contributed by atoms with Crippen LogP contribution >= 0.6 is 0 Å². The van der Waals surface area contributed by atoms with Crippen LogP contribution < -0.4 is 15.5 Å². The van der Waals surface area contributed by atoms with E-state index in [1.807, 2.05) is 25.4 Å². The summed E-state index contributed by atoms with van der Waals surface area (Å²) in [6, 6.07) is 0. The molecule has 0 aromatic carbocycles. The van der Waals surface area contributed by atoms with E-state index in [1.54, 1.807) is 0 Å². The highest BCUT2D eigenvalue weighted by atomic mass is 15.2. The third-order valence-corrected chi connectivity index (χ3v) is 5.70. The summed E-state index contributed by atoms with van der Waals surface area (Å²) in [5.41, 5.74) is 7.74. The predicted molar refractivity (Wildman–Crippen MR) is 113 cm³/mol. The Bertz CT molecular complexity index is 935. The molecule has 1 atom stereocenters. The molecule has 1 unspecified atom stereocenters. The SMILES string of the molecule is C/C=C(\C=N)Nc1ncc2c(n1)CN(c1cnc3c(c1C)NCCC3C)CC2. The summed E-state index contributed by atoms with van der Waals surface area (Å²) in [7, 11) is 0. The largest absolute Gasteiger partial charge is 0.383 e. The average molecular weight is 377 g/mol. The number of pyridine rings is 1. The molecule has 0 spiro atoms. The zero-order valence-electron chi connectivity index (χ0n) is 16.7. The first kappa shape index (κ1) is 18.4. The molecule has 7 nitrogen and oxygen atoms in total. The van der Waals surface area contributed by atoms with E-state index < -0.39 is 0 Å². The van der Waals surface area contributed by atoms with E-state index in [9.17, 15) is 0 Å². The molecule has 0 amide bonds. The van der Waals surface area contributed by atoms with E-state index in [4.69, 9.17) is 15.4 Å². The molecule has 3 N–H and O–H groups in total. The number of hydrogen-bond acceptors (Lipinski definition) is 7. The van der Waals surface area contributed by atoms with Crippen LogP contribution in [0.5, 0.6) is 0 Å². The summed E-state index contributed by atoms with van der Waals surface area (Å²) in [4.78, 5) is 16.3. The molecule has 0 bridgehead atoms. The lowest BCUT2D eigenvalue weighted by Gasteiger charge is -2.33. The zero-order chi connectivity index (χ0) is 19.7. The molecule has 4 rings (SSSR count). The Balaban J connectivity index is 1.61. The highest BCUT2D eigenvalue weighted by Crippen LogP contribution is 2.37. The molecule has 146 valence electrons. The van der Waals surface area contributed by atoms with Gasteiger partial charge in [-0.2, -0.15) is 0 Å². The highest BCUT2D eigenvalue weighted by molar-refractivity contribution is 5.79. The average Bonchev–Trinajstić information content (AvgIpc) is 2.72. The Labute approximate surface area is 165 Å². The van der Waals surface area contributed by atoms with Crippen molar-refractivity contribution in [3.05, 3.63) is 46.7 Å². The Morgan fingerprint density at radius 3 is 3.00 bits per heavy atom. The highest BCUT2D eigenvalue weighted by Gasteiger charge is 2.25. The number of nitrogens with zero attached hydrogens (tertiary/aromatic N) is 4. The van der Waals surface area contributed by atoms with Gasteiger partial charge in [-0.25, -0.2) is 9.97 Å².